The van der Waals surface area contributed by atoms with Crippen molar-refractivity contribution in [3.05, 3.63) is 200 Å². The molecule has 2 heterocycles. The molecule has 0 atom stereocenters. The summed E-state index contributed by atoms with van der Waals surface area (Å²) < 4.78 is 5.27. The van der Waals surface area contributed by atoms with E-state index in [1.165, 1.54) is 84.5 Å². The summed E-state index contributed by atoms with van der Waals surface area (Å²) in [6.45, 7) is 0. The standard InChI is InChI=1S/C52H33NS2/c1-2-20-42-34(12-1)13-10-23-43(42)37-15-8-18-40(31-37)53(39-17-7-14-35(30-39)36-28-29-46-45-21-3-5-25-48(45)55-51(46)33-36)41-19-9-16-38(32-41)44-24-11-27-50-52(44)47-22-4-6-26-49(47)54-50/h1-33H. The predicted octanol–water partition coefficient (Wildman–Crippen LogP) is 16.0. The fourth-order valence-corrected chi connectivity index (χ4v) is 10.6. The quantitative estimate of drug-likeness (QED) is 0.164. The maximum Gasteiger partial charge on any atom is 0.0467 e. The van der Waals surface area contributed by atoms with Gasteiger partial charge in [0.1, 0.15) is 0 Å². The Balaban J connectivity index is 1.09. The molecule has 9 aromatic carbocycles. The third-order valence-corrected chi connectivity index (χ3v) is 13.1. The first-order chi connectivity index (χ1) is 27.2. The summed E-state index contributed by atoms with van der Waals surface area (Å²) in [5.74, 6) is 0. The molecule has 0 saturated heterocycles. The normalized spacial score (nSPS) is 11.6. The van der Waals surface area contributed by atoms with E-state index in [4.69, 9.17) is 0 Å². The van der Waals surface area contributed by atoms with Crippen LogP contribution in [0.4, 0.5) is 17.1 Å². The van der Waals surface area contributed by atoms with Crippen molar-refractivity contribution in [1.29, 1.82) is 0 Å². The molecule has 0 spiro atoms. The van der Waals surface area contributed by atoms with Crippen LogP contribution in [0.15, 0.2) is 200 Å². The highest BCUT2D eigenvalue weighted by Crippen LogP contribution is 2.44. The molecule has 0 saturated carbocycles. The molecule has 0 N–H and O–H groups in total. The lowest BCUT2D eigenvalue weighted by molar-refractivity contribution is 1.28. The summed E-state index contributed by atoms with van der Waals surface area (Å²) in [7, 11) is 0. The molecule has 0 bridgehead atoms. The fraction of sp³-hybridized carbons (Fsp3) is 0. The molecule has 11 aromatic rings. The highest BCUT2D eigenvalue weighted by atomic mass is 32.1. The highest BCUT2D eigenvalue weighted by Gasteiger charge is 2.18. The van der Waals surface area contributed by atoms with Gasteiger partial charge in [0.15, 0.2) is 0 Å². The second kappa shape index (κ2) is 13.1. The summed E-state index contributed by atoms with van der Waals surface area (Å²) in [6, 6.07) is 73.5. The molecule has 0 aliphatic carbocycles. The molecule has 0 unspecified atom stereocenters. The lowest BCUT2D eigenvalue weighted by atomic mass is 9.97. The van der Waals surface area contributed by atoms with Gasteiger partial charge >= 0.3 is 0 Å². The van der Waals surface area contributed by atoms with E-state index < -0.39 is 0 Å². The number of nitrogens with zero attached hydrogens (tertiary/aromatic N) is 1. The number of rotatable bonds is 6. The minimum Gasteiger partial charge on any atom is -0.310 e. The van der Waals surface area contributed by atoms with Crippen LogP contribution in [0, 0.1) is 0 Å². The zero-order valence-electron chi connectivity index (χ0n) is 29.8. The Morgan fingerprint density at radius 3 is 1.56 bits per heavy atom. The monoisotopic (exact) mass is 735 g/mol. The number of benzene rings is 9. The smallest absolute Gasteiger partial charge is 0.0467 e. The Labute approximate surface area is 327 Å². The molecule has 0 amide bonds. The van der Waals surface area contributed by atoms with Gasteiger partial charge in [-0.25, -0.2) is 0 Å². The molecule has 0 radical (unpaired) electrons. The minimum atomic E-state index is 1.11. The van der Waals surface area contributed by atoms with Gasteiger partial charge < -0.3 is 4.90 Å². The van der Waals surface area contributed by atoms with Crippen LogP contribution in [0.1, 0.15) is 0 Å². The van der Waals surface area contributed by atoms with Gasteiger partial charge in [-0.05, 0) is 105 Å². The maximum absolute atomic E-state index is 2.42. The number of hydrogen-bond donors (Lipinski definition) is 0. The number of thiophene rings is 2. The molecule has 55 heavy (non-hydrogen) atoms. The van der Waals surface area contributed by atoms with Crippen LogP contribution >= 0.6 is 22.7 Å². The molecule has 2 aromatic heterocycles. The summed E-state index contributed by atoms with van der Waals surface area (Å²) in [5.41, 5.74) is 10.6. The van der Waals surface area contributed by atoms with E-state index in [9.17, 15) is 0 Å². The first kappa shape index (κ1) is 32.0. The van der Waals surface area contributed by atoms with E-state index in [-0.39, 0.29) is 0 Å². The van der Waals surface area contributed by atoms with E-state index in [0.29, 0.717) is 0 Å². The van der Waals surface area contributed by atoms with Gasteiger partial charge in [-0.15, -0.1) is 22.7 Å². The summed E-state index contributed by atoms with van der Waals surface area (Å²) >= 11 is 3.73. The summed E-state index contributed by atoms with van der Waals surface area (Å²) in [6.07, 6.45) is 0. The van der Waals surface area contributed by atoms with Gasteiger partial charge in [-0.1, -0.05) is 140 Å². The topological polar surface area (TPSA) is 3.24 Å². The van der Waals surface area contributed by atoms with Crippen LogP contribution < -0.4 is 4.90 Å². The Bertz CT molecular complexity index is 3230. The lowest BCUT2D eigenvalue weighted by Crippen LogP contribution is -2.10. The van der Waals surface area contributed by atoms with Crippen molar-refractivity contribution in [2.45, 2.75) is 0 Å². The van der Waals surface area contributed by atoms with Gasteiger partial charge in [-0.3, -0.25) is 0 Å². The van der Waals surface area contributed by atoms with E-state index in [1.54, 1.807) is 0 Å². The van der Waals surface area contributed by atoms with E-state index in [1.807, 2.05) is 22.7 Å². The second-order valence-electron chi connectivity index (χ2n) is 14.1. The molecule has 0 aliphatic rings. The molecular formula is C52H33NS2. The predicted molar refractivity (Wildman–Crippen MR) is 241 cm³/mol. The largest absolute Gasteiger partial charge is 0.310 e. The van der Waals surface area contributed by atoms with Gasteiger partial charge in [0.2, 0.25) is 0 Å². The average molecular weight is 736 g/mol. The van der Waals surface area contributed by atoms with Crippen LogP contribution in [-0.2, 0) is 0 Å². The molecule has 11 rings (SSSR count). The molecule has 0 aliphatic heterocycles. The molecule has 0 fully saturated rings. The first-order valence-electron chi connectivity index (χ1n) is 18.7. The summed E-state index contributed by atoms with van der Waals surface area (Å²) in [4.78, 5) is 2.42. The third-order valence-electron chi connectivity index (χ3n) is 10.8. The van der Waals surface area contributed by atoms with Crippen molar-refractivity contribution in [1.82, 2.24) is 0 Å². The molecule has 258 valence electrons. The first-order valence-corrected chi connectivity index (χ1v) is 20.3. The van der Waals surface area contributed by atoms with Crippen LogP contribution in [0.2, 0.25) is 0 Å². The Kier molecular flexibility index (Phi) is 7.61. The van der Waals surface area contributed by atoms with Gasteiger partial charge in [-0.2, -0.15) is 0 Å². The van der Waals surface area contributed by atoms with Crippen LogP contribution in [0.25, 0.3) is 84.5 Å². The molecular weight excluding hydrogens is 703 g/mol. The third kappa shape index (κ3) is 5.51. The van der Waals surface area contributed by atoms with Gasteiger partial charge in [0, 0.05) is 57.4 Å². The van der Waals surface area contributed by atoms with E-state index in [2.05, 4.69) is 205 Å². The zero-order chi connectivity index (χ0) is 36.3. The SMILES string of the molecule is c1cc(-c2ccc3c(c2)sc2ccccc23)cc(N(c2cccc(-c3cccc4ccccc34)c2)c2cccc(-c3cccc4sc5ccccc5c34)c2)c1. The number of fused-ring (bicyclic) bond motifs is 7. The van der Waals surface area contributed by atoms with Gasteiger partial charge in [0.25, 0.3) is 0 Å². The van der Waals surface area contributed by atoms with Crippen LogP contribution in [0.5, 0.6) is 0 Å². The van der Waals surface area contributed by atoms with Gasteiger partial charge in [0.05, 0.1) is 0 Å². The van der Waals surface area contributed by atoms with E-state index in [0.717, 1.165) is 17.1 Å². The van der Waals surface area contributed by atoms with Crippen molar-refractivity contribution in [2.24, 2.45) is 0 Å². The van der Waals surface area contributed by atoms with Crippen LogP contribution in [-0.4, -0.2) is 0 Å². The van der Waals surface area contributed by atoms with Crippen molar-refractivity contribution >= 4 is 90.9 Å². The minimum absolute atomic E-state index is 1.11. The Morgan fingerprint density at radius 2 is 0.782 bits per heavy atom. The number of anilines is 3. The van der Waals surface area contributed by atoms with Crippen molar-refractivity contribution < 1.29 is 0 Å². The van der Waals surface area contributed by atoms with Crippen LogP contribution in [0.3, 0.4) is 0 Å². The lowest BCUT2D eigenvalue weighted by Gasteiger charge is -2.27. The highest BCUT2D eigenvalue weighted by molar-refractivity contribution is 7.26. The number of hydrogen-bond acceptors (Lipinski definition) is 3. The average Bonchev–Trinajstić information content (AvgIpc) is 3.82. The zero-order valence-corrected chi connectivity index (χ0v) is 31.4. The maximum atomic E-state index is 2.42. The fourth-order valence-electron chi connectivity index (χ4n) is 8.29. The molecule has 3 heteroatoms. The Morgan fingerprint density at radius 1 is 0.291 bits per heavy atom. The second-order valence-corrected chi connectivity index (χ2v) is 16.3. The molecule has 1 nitrogen and oxygen atoms in total. The Hall–Kier alpha value is -6.52. The van der Waals surface area contributed by atoms with E-state index >= 15 is 0 Å². The summed E-state index contributed by atoms with van der Waals surface area (Å²) in [5, 5.41) is 7.78. The van der Waals surface area contributed by atoms with Crippen molar-refractivity contribution in [2.75, 3.05) is 4.90 Å². The van der Waals surface area contributed by atoms with Crippen molar-refractivity contribution in [3.8, 4) is 33.4 Å². The van der Waals surface area contributed by atoms with Crippen molar-refractivity contribution in [3.63, 3.8) is 0 Å².